The van der Waals surface area contributed by atoms with Crippen molar-refractivity contribution in [3.63, 3.8) is 0 Å². The molecule has 0 unspecified atom stereocenters. The van der Waals surface area contributed by atoms with Crippen LogP contribution in [0, 0.1) is 0 Å². The molecule has 0 bridgehead atoms. The van der Waals surface area contributed by atoms with E-state index in [2.05, 4.69) is 10.6 Å². The number of nitrogens with one attached hydrogen (secondary N) is 2. The molecule has 0 heterocycles. The molecule has 0 fully saturated rings. The molecule has 0 aliphatic heterocycles. The van der Waals surface area contributed by atoms with Gasteiger partial charge in [0, 0.05) is 0 Å². The first kappa shape index (κ1) is 16.9. The Kier molecular flexibility index (Phi) is 7.17. The summed E-state index contributed by atoms with van der Waals surface area (Å²) in [7, 11) is 0. The Balaban J connectivity index is 2.56. The first-order chi connectivity index (χ1) is 10.1. The Morgan fingerprint density at radius 1 is 1.19 bits per heavy atom. The van der Waals surface area contributed by atoms with Gasteiger partial charge >= 0.3 is 5.97 Å². The molecule has 0 aliphatic rings. The number of hydrogen-bond acceptors (Lipinski definition) is 5. The van der Waals surface area contributed by atoms with Gasteiger partial charge in [-0.15, -0.1) is 0 Å². The minimum Gasteiger partial charge on any atom is -0.493 e. The van der Waals surface area contributed by atoms with Crippen molar-refractivity contribution in [2.45, 2.75) is 13.8 Å². The Hall–Kier alpha value is -2.15. The monoisotopic (exact) mass is 310 g/mol. The van der Waals surface area contributed by atoms with Crippen LogP contribution in [0.3, 0.4) is 0 Å². The molecule has 114 valence electrons. The maximum Gasteiger partial charge on any atom is 0.325 e. The molecular formula is C14H18N2O4S. The fourth-order valence-corrected chi connectivity index (χ4v) is 1.68. The maximum atomic E-state index is 12.1. The molecule has 0 radical (unpaired) electrons. The van der Waals surface area contributed by atoms with Crippen molar-refractivity contribution in [2.75, 3.05) is 19.8 Å². The molecule has 1 aromatic carbocycles. The third-order valence-electron chi connectivity index (χ3n) is 2.36. The Bertz CT molecular complexity index is 519. The molecule has 6 nitrogen and oxygen atoms in total. The van der Waals surface area contributed by atoms with Crippen molar-refractivity contribution in [2.24, 2.45) is 0 Å². The summed E-state index contributed by atoms with van der Waals surface area (Å²) < 4.78 is 10.1. The molecule has 0 atom stereocenters. The van der Waals surface area contributed by atoms with Gasteiger partial charge in [-0.1, -0.05) is 12.1 Å². The second-order valence-electron chi connectivity index (χ2n) is 3.87. The van der Waals surface area contributed by atoms with Crippen molar-refractivity contribution in [3.05, 3.63) is 29.8 Å². The van der Waals surface area contributed by atoms with E-state index in [9.17, 15) is 9.59 Å². The predicted molar refractivity (Wildman–Crippen MR) is 82.3 cm³/mol. The van der Waals surface area contributed by atoms with Gasteiger partial charge in [-0.3, -0.25) is 14.9 Å². The average molecular weight is 310 g/mol. The van der Waals surface area contributed by atoms with Crippen LogP contribution < -0.4 is 15.4 Å². The van der Waals surface area contributed by atoms with Crippen molar-refractivity contribution in [3.8, 4) is 5.75 Å². The first-order valence-electron chi connectivity index (χ1n) is 6.55. The van der Waals surface area contributed by atoms with Crippen LogP contribution in [0.4, 0.5) is 0 Å². The number of benzene rings is 1. The van der Waals surface area contributed by atoms with Gasteiger partial charge in [-0.2, -0.15) is 0 Å². The number of esters is 1. The average Bonchev–Trinajstić information content (AvgIpc) is 2.46. The zero-order chi connectivity index (χ0) is 15.7. The summed E-state index contributed by atoms with van der Waals surface area (Å²) in [5.41, 5.74) is 0.375. The highest BCUT2D eigenvalue weighted by Crippen LogP contribution is 2.17. The molecule has 0 saturated carbocycles. The second-order valence-corrected chi connectivity index (χ2v) is 4.28. The van der Waals surface area contributed by atoms with Crippen LogP contribution in [0.2, 0.25) is 0 Å². The third kappa shape index (κ3) is 5.78. The molecule has 0 spiro atoms. The van der Waals surface area contributed by atoms with Gasteiger partial charge in [0.2, 0.25) is 0 Å². The van der Waals surface area contributed by atoms with Crippen LogP contribution in [-0.2, 0) is 9.53 Å². The smallest absolute Gasteiger partial charge is 0.325 e. The number of carbonyl (C=O) groups excluding carboxylic acids is 2. The first-order valence-corrected chi connectivity index (χ1v) is 6.95. The van der Waals surface area contributed by atoms with Crippen molar-refractivity contribution in [1.82, 2.24) is 10.6 Å². The standard InChI is InChI=1S/C14H18N2O4S/c1-3-19-11-8-6-5-7-10(11)13(18)16-14(21)15-9-12(17)20-4-2/h5-8H,3-4,9H2,1-2H3,(H2,15,16,18,21). The zero-order valence-electron chi connectivity index (χ0n) is 12.0. The number of thiocarbonyl (C=S) groups is 1. The summed E-state index contributed by atoms with van der Waals surface area (Å²) >= 11 is 4.95. The van der Waals surface area contributed by atoms with Crippen LogP contribution in [-0.4, -0.2) is 36.7 Å². The van der Waals surface area contributed by atoms with E-state index in [1.807, 2.05) is 6.92 Å². The summed E-state index contributed by atoms with van der Waals surface area (Å²) in [5.74, 6) is -0.366. The fourth-order valence-electron chi connectivity index (χ4n) is 1.51. The van der Waals surface area contributed by atoms with E-state index in [4.69, 9.17) is 21.7 Å². The molecule has 0 saturated heterocycles. The number of rotatable bonds is 6. The van der Waals surface area contributed by atoms with Crippen molar-refractivity contribution in [1.29, 1.82) is 0 Å². The summed E-state index contributed by atoms with van der Waals surface area (Å²) in [5, 5.41) is 5.14. The van der Waals surface area contributed by atoms with Crippen LogP contribution >= 0.6 is 12.2 Å². The van der Waals surface area contributed by atoms with Gasteiger partial charge in [0.1, 0.15) is 12.3 Å². The predicted octanol–water partition coefficient (Wildman–Crippen LogP) is 1.25. The molecule has 0 aliphatic carbocycles. The lowest BCUT2D eigenvalue weighted by Crippen LogP contribution is -2.41. The highest BCUT2D eigenvalue weighted by Gasteiger charge is 2.13. The van der Waals surface area contributed by atoms with E-state index >= 15 is 0 Å². The summed E-state index contributed by atoms with van der Waals surface area (Å²) in [6, 6.07) is 6.84. The van der Waals surface area contributed by atoms with Crippen LogP contribution in [0.5, 0.6) is 5.75 Å². The largest absolute Gasteiger partial charge is 0.493 e. The number of carbonyl (C=O) groups is 2. The van der Waals surface area contributed by atoms with E-state index in [1.165, 1.54) is 0 Å². The van der Waals surface area contributed by atoms with E-state index in [0.29, 0.717) is 24.5 Å². The number of hydrogen-bond donors (Lipinski definition) is 2. The Morgan fingerprint density at radius 3 is 2.57 bits per heavy atom. The summed E-state index contributed by atoms with van der Waals surface area (Å²) in [6.07, 6.45) is 0. The lowest BCUT2D eigenvalue weighted by atomic mass is 10.2. The number of para-hydroxylation sites is 1. The van der Waals surface area contributed by atoms with Gasteiger partial charge < -0.3 is 14.8 Å². The lowest BCUT2D eigenvalue weighted by molar-refractivity contribution is -0.141. The lowest BCUT2D eigenvalue weighted by Gasteiger charge is -2.11. The SMILES string of the molecule is CCOC(=O)CNC(=S)NC(=O)c1ccccc1OCC. The minimum absolute atomic E-state index is 0.0550. The van der Waals surface area contributed by atoms with Crippen LogP contribution in [0.15, 0.2) is 24.3 Å². The van der Waals surface area contributed by atoms with Crippen molar-refractivity contribution < 1.29 is 19.1 Å². The van der Waals surface area contributed by atoms with Gasteiger partial charge in [-0.05, 0) is 38.2 Å². The highest BCUT2D eigenvalue weighted by atomic mass is 32.1. The topological polar surface area (TPSA) is 76.7 Å². The third-order valence-corrected chi connectivity index (χ3v) is 2.60. The van der Waals surface area contributed by atoms with E-state index in [1.54, 1.807) is 31.2 Å². The number of ether oxygens (including phenoxy) is 2. The van der Waals surface area contributed by atoms with E-state index in [0.717, 1.165) is 0 Å². The van der Waals surface area contributed by atoms with E-state index < -0.39 is 11.9 Å². The van der Waals surface area contributed by atoms with Gasteiger partial charge in [0.05, 0.1) is 18.8 Å². The Labute approximate surface area is 128 Å². The van der Waals surface area contributed by atoms with E-state index in [-0.39, 0.29) is 11.7 Å². The van der Waals surface area contributed by atoms with Crippen LogP contribution in [0.1, 0.15) is 24.2 Å². The molecule has 1 amide bonds. The van der Waals surface area contributed by atoms with Gasteiger partial charge in [0.15, 0.2) is 5.11 Å². The fraction of sp³-hybridized carbons (Fsp3) is 0.357. The molecule has 1 rings (SSSR count). The van der Waals surface area contributed by atoms with Crippen molar-refractivity contribution >= 4 is 29.2 Å². The molecule has 7 heteroatoms. The molecule has 21 heavy (non-hydrogen) atoms. The van der Waals surface area contributed by atoms with Crippen LogP contribution in [0.25, 0.3) is 0 Å². The molecule has 2 N–H and O–H groups in total. The second kappa shape index (κ2) is 8.91. The maximum absolute atomic E-state index is 12.1. The quantitative estimate of drug-likeness (QED) is 0.608. The normalized spacial score (nSPS) is 9.62. The van der Waals surface area contributed by atoms with Gasteiger partial charge in [0.25, 0.3) is 5.91 Å². The minimum atomic E-state index is -0.441. The Morgan fingerprint density at radius 2 is 1.90 bits per heavy atom. The van der Waals surface area contributed by atoms with Gasteiger partial charge in [-0.25, -0.2) is 0 Å². The number of amides is 1. The molecular weight excluding hydrogens is 292 g/mol. The summed E-state index contributed by atoms with van der Waals surface area (Å²) in [6.45, 7) is 4.19. The highest BCUT2D eigenvalue weighted by molar-refractivity contribution is 7.80. The molecule has 1 aromatic rings. The molecule has 0 aromatic heterocycles. The summed E-state index contributed by atoms with van der Waals surface area (Å²) in [4.78, 5) is 23.3. The zero-order valence-corrected chi connectivity index (χ0v) is 12.8.